The lowest BCUT2D eigenvalue weighted by Gasteiger charge is -2.11. The van der Waals surface area contributed by atoms with Crippen LogP contribution in [0.1, 0.15) is 25.7 Å². The first-order valence-electron chi connectivity index (χ1n) is 2.97. The molecule has 8 heavy (non-hydrogen) atoms. The molecule has 0 aromatic rings. The van der Waals surface area contributed by atoms with E-state index in [4.69, 9.17) is 5.11 Å². The summed E-state index contributed by atoms with van der Waals surface area (Å²) in [5.74, 6) is 0. The zero-order valence-electron chi connectivity index (χ0n) is 4.73. The highest BCUT2D eigenvalue weighted by Gasteiger charge is 2.26. The molecule has 1 atom stereocenters. The summed E-state index contributed by atoms with van der Waals surface area (Å²) < 4.78 is 0. The van der Waals surface area contributed by atoms with Crippen LogP contribution in [0.15, 0.2) is 0 Å². The van der Waals surface area contributed by atoms with Gasteiger partial charge in [-0.05, 0) is 12.8 Å². The Bertz CT molecular complexity index is 66.9. The molecule has 0 amide bonds. The number of hydrogen-bond acceptors (Lipinski definition) is 1. The van der Waals surface area contributed by atoms with Gasteiger partial charge in [0.05, 0.1) is 6.10 Å². The minimum atomic E-state index is -0.0712. The van der Waals surface area contributed by atoms with E-state index in [2.05, 4.69) is 15.9 Å². The molecule has 1 saturated carbocycles. The van der Waals surface area contributed by atoms with Crippen molar-refractivity contribution in [2.75, 3.05) is 0 Å². The van der Waals surface area contributed by atoms with Crippen molar-refractivity contribution in [1.29, 1.82) is 0 Å². The fourth-order valence-electron chi connectivity index (χ4n) is 0.989. The molecule has 1 aliphatic rings. The van der Waals surface area contributed by atoms with Crippen LogP contribution < -0.4 is 0 Å². The van der Waals surface area contributed by atoms with Gasteiger partial charge in [-0.2, -0.15) is 0 Å². The molecule has 1 aliphatic carbocycles. The van der Waals surface area contributed by atoms with Gasteiger partial charge in [-0.3, -0.25) is 0 Å². The largest absolute Gasteiger partial charge is 0.389 e. The zero-order chi connectivity index (χ0) is 5.98. The number of hydrogen-bond donors (Lipinski definition) is 1. The van der Waals surface area contributed by atoms with E-state index in [1.54, 1.807) is 0 Å². The van der Waals surface area contributed by atoms with Gasteiger partial charge in [-0.15, -0.1) is 0 Å². The van der Waals surface area contributed by atoms with E-state index < -0.39 is 0 Å². The first kappa shape index (κ1) is 6.43. The summed E-state index contributed by atoms with van der Waals surface area (Å²) in [6.07, 6.45) is 4.06. The highest BCUT2D eigenvalue weighted by Crippen LogP contribution is 2.30. The summed E-state index contributed by atoms with van der Waals surface area (Å²) >= 11 is 3.39. The van der Waals surface area contributed by atoms with Gasteiger partial charge in [0, 0.05) is 0 Å². The van der Waals surface area contributed by atoms with Gasteiger partial charge in [-0.25, -0.2) is 0 Å². The average molecular weight is 178 g/mol. The highest BCUT2D eigenvalue weighted by molar-refractivity contribution is 9.11. The standard InChI is InChI=1S/C6H10BrO/c7-5-2-1-3-6(8)4-5/h6,8H,1-4H2/q+1. The minimum Gasteiger partial charge on any atom is -0.389 e. The predicted molar refractivity (Wildman–Crippen MR) is 36.6 cm³/mol. The summed E-state index contributed by atoms with van der Waals surface area (Å²) in [7, 11) is 0. The van der Waals surface area contributed by atoms with Crippen molar-refractivity contribution in [1.82, 2.24) is 0 Å². The molecule has 0 aliphatic heterocycles. The van der Waals surface area contributed by atoms with Gasteiger partial charge in [0.25, 0.3) is 0 Å². The normalized spacial score (nSPS) is 30.8. The number of rotatable bonds is 0. The van der Waals surface area contributed by atoms with Crippen LogP contribution in [-0.2, 0) is 0 Å². The maximum atomic E-state index is 9.03. The van der Waals surface area contributed by atoms with Gasteiger partial charge in [0.1, 0.15) is 12.8 Å². The number of halogens is 1. The second kappa shape index (κ2) is 2.74. The molecule has 0 saturated heterocycles. The second-order valence-corrected chi connectivity index (χ2v) is 3.39. The van der Waals surface area contributed by atoms with Crippen molar-refractivity contribution in [3.63, 3.8) is 0 Å². The van der Waals surface area contributed by atoms with Crippen LogP contribution in [0, 0.1) is 4.83 Å². The topological polar surface area (TPSA) is 20.2 Å². The van der Waals surface area contributed by atoms with Crippen LogP contribution in [0.4, 0.5) is 0 Å². The molecule has 0 bridgehead atoms. The molecular formula is C6H10BrO+. The second-order valence-electron chi connectivity index (χ2n) is 2.27. The van der Waals surface area contributed by atoms with Crippen LogP contribution in [-0.4, -0.2) is 11.2 Å². The first-order valence-corrected chi connectivity index (χ1v) is 3.76. The molecule has 0 heterocycles. The molecular weight excluding hydrogens is 168 g/mol. The van der Waals surface area contributed by atoms with Gasteiger partial charge in [-0.1, -0.05) is 0 Å². The predicted octanol–water partition coefficient (Wildman–Crippen LogP) is 1.85. The Kier molecular flexibility index (Phi) is 2.20. The van der Waals surface area contributed by atoms with Crippen molar-refractivity contribution in [3.05, 3.63) is 4.83 Å². The Morgan fingerprint density at radius 1 is 1.62 bits per heavy atom. The molecule has 1 fully saturated rings. The Morgan fingerprint density at radius 3 is 2.75 bits per heavy atom. The molecule has 46 valence electrons. The molecule has 1 N–H and O–H groups in total. The SMILES string of the molecule is OC1CCC[C+](Br)C1. The molecule has 1 nitrogen and oxygen atoms in total. The van der Waals surface area contributed by atoms with E-state index >= 15 is 0 Å². The third kappa shape index (κ3) is 1.67. The fourth-order valence-corrected chi connectivity index (χ4v) is 1.64. The Morgan fingerprint density at radius 2 is 2.38 bits per heavy atom. The summed E-state index contributed by atoms with van der Waals surface area (Å²) in [4.78, 5) is 1.27. The quantitative estimate of drug-likeness (QED) is 0.561. The van der Waals surface area contributed by atoms with Crippen LogP contribution >= 0.6 is 15.9 Å². The number of aliphatic hydroxyl groups is 1. The summed E-state index contributed by atoms with van der Waals surface area (Å²) in [5, 5.41) is 9.03. The molecule has 0 spiro atoms. The third-order valence-corrected chi connectivity index (χ3v) is 2.16. The molecule has 0 radical (unpaired) electrons. The maximum absolute atomic E-state index is 9.03. The van der Waals surface area contributed by atoms with Gasteiger partial charge in [0.2, 0.25) is 0 Å². The van der Waals surface area contributed by atoms with E-state index in [9.17, 15) is 0 Å². The maximum Gasteiger partial charge on any atom is 0.198 e. The van der Waals surface area contributed by atoms with Crippen molar-refractivity contribution >= 4 is 15.9 Å². The van der Waals surface area contributed by atoms with Gasteiger partial charge >= 0.3 is 0 Å². The van der Waals surface area contributed by atoms with Crippen molar-refractivity contribution in [3.8, 4) is 0 Å². The van der Waals surface area contributed by atoms with Crippen LogP contribution in [0.3, 0.4) is 0 Å². The number of aliphatic hydroxyl groups excluding tert-OH is 1. The molecule has 1 unspecified atom stereocenters. The van der Waals surface area contributed by atoms with E-state index in [1.165, 1.54) is 4.83 Å². The molecule has 0 aromatic carbocycles. The minimum absolute atomic E-state index is 0.0712. The van der Waals surface area contributed by atoms with Crippen LogP contribution in [0.5, 0.6) is 0 Å². The smallest absolute Gasteiger partial charge is 0.198 e. The zero-order valence-corrected chi connectivity index (χ0v) is 6.32. The first-order chi connectivity index (χ1) is 3.79. The fraction of sp³-hybridized carbons (Fsp3) is 0.833. The van der Waals surface area contributed by atoms with Gasteiger partial charge < -0.3 is 5.11 Å². The lowest BCUT2D eigenvalue weighted by atomic mass is 9.98. The molecule has 2 heteroatoms. The summed E-state index contributed by atoms with van der Waals surface area (Å²) in [6.45, 7) is 0. The molecule has 0 aromatic heterocycles. The Hall–Kier alpha value is 0.310. The van der Waals surface area contributed by atoms with Crippen LogP contribution in [0.25, 0.3) is 0 Å². The van der Waals surface area contributed by atoms with E-state index in [1.807, 2.05) is 0 Å². The Labute approximate surface area is 58.2 Å². The highest BCUT2D eigenvalue weighted by atomic mass is 79.9. The molecule has 1 rings (SSSR count). The van der Waals surface area contributed by atoms with Gasteiger partial charge in [0.15, 0.2) is 20.8 Å². The summed E-state index contributed by atoms with van der Waals surface area (Å²) in [5.41, 5.74) is 0. The lowest BCUT2D eigenvalue weighted by molar-refractivity contribution is 0.146. The average Bonchev–Trinajstić information content (AvgIpc) is 1.64. The monoisotopic (exact) mass is 177 g/mol. The van der Waals surface area contributed by atoms with Crippen molar-refractivity contribution < 1.29 is 5.11 Å². The van der Waals surface area contributed by atoms with Crippen LogP contribution in [0.2, 0.25) is 0 Å². The van der Waals surface area contributed by atoms with E-state index in [-0.39, 0.29) is 6.10 Å². The van der Waals surface area contributed by atoms with Crippen molar-refractivity contribution in [2.24, 2.45) is 0 Å². The Balaban J connectivity index is 2.23. The van der Waals surface area contributed by atoms with E-state index in [0.717, 1.165) is 25.7 Å². The summed E-state index contributed by atoms with van der Waals surface area (Å²) in [6, 6.07) is 0. The third-order valence-electron chi connectivity index (χ3n) is 1.44. The van der Waals surface area contributed by atoms with Crippen molar-refractivity contribution in [2.45, 2.75) is 31.8 Å². The lowest BCUT2D eigenvalue weighted by Crippen LogP contribution is -2.14. The van der Waals surface area contributed by atoms with E-state index in [0.29, 0.717) is 0 Å².